The molecule has 1 fully saturated rings. The Kier molecular flexibility index (Phi) is 5.27. The van der Waals surface area contributed by atoms with E-state index in [9.17, 15) is 8.42 Å². The normalized spacial score (nSPS) is 19.8. The maximum Gasteiger partial charge on any atom is 0.300 e. The van der Waals surface area contributed by atoms with Gasteiger partial charge in [-0.2, -0.15) is 0 Å². The lowest BCUT2D eigenvalue weighted by atomic mass is 10.0. The summed E-state index contributed by atoms with van der Waals surface area (Å²) in [6.45, 7) is 1.08. The summed E-state index contributed by atoms with van der Waals surface area (Å²) in [7, 11) is -2.80. The van der Waals surface area contributed by atoms with Crippen molar-refractivity contribution in [3.05, 3.63) is 0 Å². The minimum atomic E-state index is -2.80. The summed E-state index contributed by atoms with van der Waals surface area (Å²) in [5, 5.41) is 14.5. The molecule has 4 N–H and O–H groups in total. The van der Waals surface area contributed by atoms with Crippen molar-refractivity contribution in [2.45, 2.75) is 19.8 Å². The van der Waals surface area contributed by atoms with Crippen LogP contribution in [-0.4, -0.2) is 36.8 Å². The zero-order chi connectivity index (χ0) is 12.1. The van der Waals surface area contributed by atoms with Gasteiger partial charge < -0.3 is 10.8 Å². The van der Waals surface area contributed by atoms with Crippen LogP contribution < -0.4 is 5.73 Å². The minimum absolute atomic E-state index is 0.00137. The van der Waals surface area contributed by atoms with Crippen molar-refractivity contribution in [2.75, 3.05) is 11.5 Å². The average Bonchev–Trinajstić information content (AvgIpc) is 2.01. The number of carboxylic acids is 1. The molecule has 0 atom stereocenters. The van der Waals surface area contributed by atoms with Crippen LogP contribution in [0.4, 0.5) is 0 Å². The highest BCUT2D eigenvalue weighted by Gasteiger charge is 2.24. The van der Waals surface area contributed by atoms with Crippen molar-refractivity contribution in [3.8, 4) is 0 Å². The monoisotopic (exact) mass is 236 g/mol. The van der Waals surface area contributed by atoms with Gasteiger partial charge in [0.15, 0.2) is 0 Å². The van der Waals surface area contributed by atoms with Crippen LogP contribution in [-0.2, 0) is 14.6 Å². The first-order chi connectivity index (χ1) is 6.74. The molecule has 1 aliphatic heterocycles. The molecule has 0 unspecified atom stereocenters. The summed E-state index contributed by atoms with van der Waals surface area (Å²) in [5.74, 6) is -0.326. The Balaban J connectivity index is 0.000000423. The number of hydrogen-bond acceptors (Lipinski definition) is 4. The summed E-state index contributed by atoms with van der Waals surface area (Å²) in [6, 6.07) is 0. The summed E-state index contributed by atoms with van der Waals surface area (Å²) in [5.41, 5.74) is 5.24. The topological polar surface area (TPSA) is 121 Å². The number of sulfone groups is 1. The molecule has 1 rings (SSSR count). The number of carbonyl (C=O) groups is 1. The quantitative estimate of drug-likeness (QED) is 0.431. The molecule has 1 aliphatic rings. The van der Waals surface area contributed by atoms with Gasteiger partial charge >= 0.3 is 0 Å². The van der Waals surface area contributed by atoms with Gasteiger partial charge in [0.1, 0.15) is 9.84 Å². The average molecular weight is 236 g/mol. The van der Waals surface area contributed by atoms with E-state index in [0.717, 1.165) is 6.92 Å². The minimum Gasteiger partial charge on any atom is -0.481 e. The third-order valence-electron chi connectivity index (χ3n) is 1.99. The molecule has 7 heteroatoms. The number of rotatable bonds is 1. The molecule has 6 nitrogen and oxygen atoms in total. The molecule has 0 bridgehead atoms. The van der Waals surface area contributed by atoms with E-state index in [4.69, 9.17) is 21.0 Å². The van der Waals surface area contributed by atoms with Crippen LogP contribution in [0.25, 0.3) is 0 Å². The van der Waals surface area contributed by atoms with E-state index in [0.29, 0.717) is 12.8 Å². The molecule has 15 heavy (non-hydrogen) atoms. The van der Waals surface area contributed by atoms with Gasteiger partial charge in [-0.05, 0) is 12.8 Å². The van der Waals surface area contributed by atoms with Crippen LogP contribution in [0.3, 0.4) is 0 Å². The highest BCUT2D eigenvalue weighted by molar-refractivity contribution is 7.91. The molecular weight excluding hydrogens is 220 g/mol. The van der Waals surface area contributed by atoms with Gasteiger partial charge in [-0.25, -0.2) is 8.42 Å². The van der Waals surface area contributed by atoms with E-state index >= 15 is 0 Å². The maximum absolute atomic E-state index is 10.9. The first-order valence-corrected chi connectivity index (χ1v) is 6.30. The molecule has 0 saturated carbocycles. The first-order valence-electron chi connectivity index (χ1n) is 4.48. The van der Waals surface area contributed by atoms with Crippen LogP contribution in [0.15, 0.2) is 0 Å². The van der Waals surface area contributed by atoms with Gasteiger partial charge in [0, 0.05) is 12.8 Å². The van der Waals surface area contributed by atoms with E-state index < -0.39 is 15.8 Å². The molecule has 0 radical (unpaired) electrons. The van der Waals surface area contributed by atoms with Gasteiger partial charge in [-0.1, -0.05) is 0 Å². The Morgan fingerprint density at radius 2 is 1.73 bits per heavy atom. The van der Waals surface area contributed by atoms with Crippen LogP contribution in [0.2, 0.25) is 0 Å². The zero-order valence-electron chi connectivity index (χ0n) is 8.56. The number of nitrogens with one attached hydrogen (secondary N) is 1. The second-order valence-corrected chi connectivity index (χ2v) is 5.70. The maximum atomic E-state index is 10.9. The summed E-state index contributed by atoms with van der Waals surface area (Å²) >= 11 is 0. The molecule has 0 aromatic heterocycles. The summed E-state index contributed by atoms with van der Waals surface area (Å²) in [6.07, 6.45) is 1.05. The molecule has 0 aromatic carbocycles. The van der Waals surface area contributed by atoms with Crippen LogP contribution in [0, 0.1) is 11.3 Å². The van der Waals surface area contributed by atoms with Crippen LogP contribution in [0.1, 0.15) is 19.8 Å². The third kappa shape index (κ3) is 6.89. The standard InChI is InChI=1S/C6H12N2O2S.C2H4O2/c7-6(8)5-1-3-11(9,10)4-2-5;1-2(3)4/h5H,1-4H2,(H3,7,8);1H3,(H,3,4). The molecule has 0 amide bonds. The number of nitrogens with two attached hydrogens (primary N) is 1. The van der Waals surface area contributed by atoms with Gasteiger partial charge in [0.25, 0.3) is 5.97 Å². The molecule has 1 heterocycles. The summed E-state index contributed by atoms with van der Waals surface area (Å²) < 4.78 is 21.8. The molecule has 0 spiro atoms. The number of carboxylic acid groups (broad SMARTS) is 1. The zero-order valence-corrected chi connectivity index (χ0v) is 9.38. The van der Waals surface area contributed by atoms with Crippen molar-refractivity contribution in [1.29, 1.82) is 5.41 Å². The fraction of sp³-hybridized carbons (Fsp3) is 0.750. The predicted octanol–water partition coefficient (Wildman–Crippen LogP) is -0.162. The number of aliphatic carboxylic acids is 1. The van der Waals surface area contributed by atoms with Crippen molar-refractivity contribution in [3.63, 3.8) is 0 Å². The van der Waals surface area contributed by atoms with E-state index in [-0.39, 0.29) is 23.3 Å². The lowest BCUT2D eigenvalue weighted by molar-refractivity contribution is -0.134. The van der Waals surface area contributed by atoms with Crippen molar-refractivity contribution < 1.29 is 18.3 Å². The second-order valence-electron chi connectivity index (χ2n) is 3.40. The van der Waals surface area contributed by atoms with Crippen molar-refractivity contribution >= 4 is 21.6 Å². The molecular formula is C8H16N2O4S. The van der Waals surface area contributed by atoms with Gasteiger partial charge in [0.2, 0.25) is 0 Å². The van der Waals surface area contributed by atoms with E-state index in [1.807, 2.05) is 0 Å². The van der Waals surface area contributed by atoms with Crippen molar-refractivity contribution in [2.24, 2.45) is 11.7 Å². The van der Waals surface area contributed by atoms with Gasteiger partial charge in [-0.15, -0.1) is 0 Å². The SMILES string of the molecule is CC(=O)O.N=C(N)C1CCS(=O)(=O)CC1. The van der Waals surface area contributed by atoms with E-state index in [1.54, 1.807) is 0 Å². The fourth-order valence-corrected chi connectivity index (χ4v) is 2.69. The highest BCUT2D eigenvalue weighted by atomic mass is 32.2. The van der Waals surface area contributed by atoms with Crippen molar-refractivity contribution in [1.82, 2.24) is 0 Å². The molecule has 1 saturated heterocycles. The number of hydrogen-bond donors (Lipinski definition) is 3. The molecule has 88 valence electrons. The Hall–Kier alpha value is -1.11. The third-order valence-corrected chi connectivity index (χ3v) is 3.71. The van der Waals surface area contributed by atoms with Crippen LogP contribution in [0.5, 0.6) is 0 Å². The number of amidine groups is 1. The summed E-state index contributed by atoms with van der Waals surface area (Å²) in [4.78, 5) is 9.00. The highest BCUT2D eigenvalue weighted by Crippen LogP contribution is 2.17. The fourth-order valence-electron chi connectivity index (χ4n) is 1.20. The second kappa shape index (κ2) is 5.69. The Morgan fingerprint density at radius 3 is 2.00 bits per heavy atom. The smallest absolute Gasteiger partial charge is 0.300 e. The van der Waals surface area contributed by atoms with Crippen LogP contribution >= 0.6 is 0 Å². The Bertz CT molecular complexity index is 319. The molecule has 0 aromatic rings. The van der Waals surface area contributed by atoms with E-state index in [1.165, 1.54) is 0 Å². The van der Waals surface area contributed by atoms with E-state index in [2.05, 4.69) is 0 Å². The lowest BCUT2D eigenvalue weighted by Crippen LogP contribution is -2.31. The predicted molar refractivity (Wildman–Crippen MR) is 56.6 cm³/mol. The first kappa shape index (κ1) is 13.9. The lowest BCUT2D eigenvalue weighted by Gasteiger charge is -2.19. The molecule has 0 aliphatic carbocycles. The Labute approximate surface area is 88.9 Å². The Morgan fingerprint density at radius 1 is 1.40 bits per heavy atom. The van der Waals surface area contributed by atoms with Gasteiger partial charge in [0.05, 0.1) is 17.3 Å². The van der Waals surface area contributed by atoms with Gasteiger partial charge in [-0.3, -0.25) is 10.2 Å². The largest absolute Gasteiger partial charge is 0.481 e.